The van der Waals surface area contributed by atoms with Crippen LogP contribution in [0.25, 0.3) is 83.2 Å². The first kappa shape index (κ1) is 28.8. The van der Waals surface area contributed by atoms with Crippen molar-refractivity contribution in [3.63, 3.8) is 0 Å². The molecular formula is C44H28N4. The fraction of sp³-hybridized carbons (Fsp3) is 0. The van der Waals surface area contributed by atoms with E-state index in [4.69, 9.17) is 21.5 Å². The van der Waals surface area contributed by atoms with Gasteiger partial charge in [0.15, 0.2) is 23.2 Å². The molecule has 0 saturated carbocycles. The van der Waals surface area contributed by atoms with E-state index in [1.54, 1.807) is 0 Å². The molecule has 0 aliphatic heterocycles. The Bertz CT molecular complexity index is 2370. The molecule has 1 aromatic heterocycles. The van der Waals surface area contributed by atoms with Gasteiger partial charge in [0.25, 0.3) is 0 Å². The summed E-state index contributed by atoms with van der Waals surface area (Å²) in [6.45, 7) is 7.35. The Labute approximate surface area is 279 Å². The van der Waals surface area contributed by atoms with Crippen LogP contribution in [0, 0.1) is 6.57 Å². The molecule has 0 amide bonds. The van der Waals surface area contributed by atoms with E-state index in [0.29, 0.717) is 23.2 Å². The van der Waals surface area contributed by atoms with Gasteiger partial charge in [-0.15, -0.1) is 0 Å². The summed E-state index contributed by atoms with van der Waals surface area (Å²) in [5.74, 6) is 1.93. The summed E-state index contributed by atoms with van der Waals surface area (Å²) >= 11 is 0. The summed E-state index contributed by atoms with van der Waals surface area (Å²) in [7, 11) is 0. The number of nitrogens with zero attached hydrogens (tertiary/aromatic N) is 4. The molecule has 1 heterocycles. The van der Waals surface area contributed by atoms with Crippen LogP contribution in [-0.2, 0) is 0 Å². The molecule has 8 rings (SSSR count). The molecule has 0 N–H and O–H groups in total. The standard InChI is InChI=1S/C44H28N4/c1-45-37-16-10-15-36(29-37)30-19-21-31(22-20-30)38-27-28-39(41-18-9-8-17-40(38)41)32-23-25-35(26-24-32)44-47-42(33-11-4-2-5-12-33)46-43(48-44)34-13-6-3-7-14-34/h2-29H. The molecule has 0 aliphatic carbocycles. The molecule has 0 radical (unpaired) electrons. The zero-order valence-electron chi connectivity index (χ0n) is 26.0. The SMILES string of the molecule is [C-]#[N+]c1cccc(-c2ccc(-c3ccc(-c4ccc(-c5nc(-c6ccccc6)nc(-c6ccccc6)n5)cc4)c4ccccc34)cc2)c1. The zero-order chi connectivity index (χ0) is 32.3. The van der Waals surface area contributed by atoms with Crippen molar-refractivity contribution >= 4 is 16.5 Å². The van der Waals surface area contributed by atoms with Gasteiger partial charge >= 0.3 is 0 Å². The molecular weight excluding hydrogens is 585 g/mol. The smallest absolute Gasteiger partial charge is 0.187 e. The van der Waals surface area contributed by atoms with Gasteiger partial charge in [-0.1, -0.05) is 164 Å². The minimum Gasteiger partial charge on any atom is -0.238 e. The highest BCUT2D eigenvalue weighted by atomic mass is 15.0. The molecule has 0 spiro atoms. The number of benzene rings is 7. The first-order chi connectivity index (χ1) is 23.7. The highest BCUT2D eigenvalue weighted by Gasteiger charge is 2.14. The van der Waals surface area contributed by atoms with Crippen LogP contribution in [0.3, 0.4) is 0 Å². The molecule has 0 saturated heterocycles. The van der Waals surface area contributed by atoms with Gasteiger partial charge in [-0.25, -0.2) is 19.8 Å². The maximum absolute atomic E-state index is 7.35. The van der Waals surface area contributed by atoms with Gasteiger partial charge in [-0.3, -0.25) is 0 Å². The van der Waals surface area contributed by atoms with E-state index >= 15 is 0 Å². The van der Waals surface area contributed by atoms with E-state index in [0.717, 1.165) is 38.9 Å². The monoisotopic (exact) mass is 612 g/mol. The molecule has 0 bridgehead atoms. The summed E-state index contributed by atoms with van der Waals surface area (Å²) < 4.78 is 0. The third-order valence-electron chi connectivity index (χ3n) is 8.58. The van der Waals surface area contributed by atoms with Gasteiger partial charge in [-0.2, -0.15) is 0 Å². The molecule has 4 heteroatoms. The van der Waals surface area contributed by atoms with Crippen molar-refractivity contribution in [3.8, 4) is 67.5 Å². The van der Waals surface area contributed by atoms with Crippen molar-refractivity contribution in [2.45, 2.75) is 0 Å². The van der Waals surface area contributed by atoms with Crippen LogP contribution < -0.4 is 0 Å². The zero-order valence-corrected chi connectivity index (χ0v) is 26.0. The average Bonchev–Trinajstić information content (AvgIpc) is 3.18. The predicted octanol–water partition coefficient (Wildman–Crippen LogP) is 11.6. The number of rotatable bonds is 6. The molecule has 4 nitrogen and oxygen atoms in total. The van der Waals surface area contributed by atoms with Crippen LogP contribution in [0.1, 0.15) is 0 Å². The summed E-state index contributed by atoms with van der Waals surface area (Å²) in [5, 5.41) is 2.38. The largest absolute Gasteiger partial charge is 0.238 e. The summed E-state index contributed by atoms with van der Waals surface area (Å²) in [4.78, 5) is 18.2. The Balaban J connectivity index is 1.15. The van der Waals surface area contributed by atoms with Crippen LogP contribution in [0.5, 0.6) is 0 Å². The van der Waals surface area contributed by atoms with Crippen LogP contribution in [0.15, 0.2) is 170 Å². The highest BCUT2D eigenvalue weighted by molar-refractivity contribution is 6.05. The summed E-state index contributed by atoms with van der Waals surface area (Å²) in [6, 6.07) is 57.9. The number of aromatic nitrogens is 3. The predicted molar refractivity (Wildman–Crippen MR) is 196 cm³/mol. The normalized spacial score (nSPS) is 10.9. The van der Waals surface area contributed by atoms with Gasteiger partial charge in [0.05, 0.1) is 6.57 Å². The van der Waals surface area contributed by atoms with E-state index in [1.165, 1.54) is 21.9 Å². The molecule has 224 valence electrons. The van der Waals surface area contributed by atoms with Crippen molar-refractivity contribution in [1.29, 1.82) is 0 Å². The van der Waals surface area contributed by atoms with Crippen molar-refractivity contribution in [1.82, 2.24) is 15.0 Å². The molecule has 0 atom stereocenters. The Morgan fingerprint density at radius 3 is 1.21 bits per heavy atom. The fourth-order valence-corrected chi connectivity index (χ4v) is 6.14. The Kier molecular flexibility index (Phi) is 7.54. The molecule has 0 aliphatic rings. The minimum atomic E-state index is 0.638. The molecule has 48 heavy (non-hydrogen) atoms. The maximum atomic E-state index is 7.35. The Hall–Kier alpha value is -6.70. The van der Waals surface area contributed by atoms with Gasteiger partial charge in [0.1, 0.15) is 0 Å². The molecule has 0 unspecified atom stereocenters. The van der Waals surface area contributed by atoms with Crippen LogP contribution in [-0.4, -0.2) is 15.0 Å². The lowest BCUT2D eigenvalue weighted by molar-refractivity contribution is 1.07. The van der Waals surface area contributed by atoms with Gasteiger partial charge < -0.3 is 0 Å². The quantitative estimate of drug-likeness (QED) is 0.175. The lowest BCUT2D eigenvalue weighted by Gasteiger charge is -2.13. The van der Waals surface area contributed by atoms with Crippen molar-refractivity contribution < 1.29 is 0 Å². The van der Waals surface area contributed by atoms with E-state index in [2.05, 4.69) is 89.8 Å². The van der Waals surface area contributed by atoms with Crippen molar-refractivity contribution in [2.24, 2.45) is 0 Å². The Morgan fingerprint density at radius 1 is 0.333 bits per heavy atom. The highest BCUT2D eigenvalue weighted by Crippen LogP contribution is 2.37. The maximum Gasteiger partial charge on any atom is 0.187 e. The molecule has 0 fully saturated rings. The van der Waals surface area contributed by atoms with E-state index in [-0.39, 0.29) is 0 Å². The van der Waals surface area contributed by atoms with Gasteiger partial charge in [-0.05, 0) is 50.2 Å². The number of fused-ring (bicyclic) bond motifs is 1. The number of hydrogen-bond acceptors (Lipinski definition) is 3. The van der Waals surface area contributed by atoms with E-state index in [9.17, 15) is 0 Å². The van der Waals surface area contributed by atoms with Gasteiger partial charge in [0, 0.05) is 16.7 Å². The summed E-state index contributed by atoms with van der Waals surface area (Å²) in [5.41, 5.74) is 10.2. The average molecular weight is 613 g/mol. The minimum absolute atomic E-state index is 0.638. The van der Waals surface area contributed by atoms with E-state index < -0.39 is 0 Å². The van der Waals surface area contributed by atoms with Crippen LogP contribution >= 0.6 is 0 Å². The molecule has 8 aromatic rings. The van der Waals surface area contributed by atoms with Crippen LogP contribution in [0.2, 0.25) is 0 Å². The van der Waals surface area contributed by atoms with E-state index in [1.807, 2.05) is 84.9 Å². The summed E-state index contributed by atoms with van der Waals surface area (Å²) in [6.07, 6.45) is 0. The fourth-order valence-electron chi connectivity index (χ4n) is 6.14. The Morgan fingerprint density at radius 2 is 0.729 bits per heavy atom. The third kappa shape index (κ3) is 5.62. The second-order valence-corrected chi connectivity index (χ2v) is 11.6. The lowest BCUT2D eigenvalue weighted by atomic mass is 9.91. The first-order valence-electron chi connectivity index (χ1n) is 15.8. The number of hydrogen-bond donors (Lipinski definition) is 0. The van der Waals surface area contributed by atoms with Crippen LogP contribution in [0.4, 0.5) is 5.69 Å². The van der Waals surface area contributed by atoms with Gasteiger partial charge in [0.2, 0.25) is 0 Å². The third-order valence-corrected chi connectivity index (χ3v) is 8.58. The topological polar surface area (TPSA) is 43.0 Å². The van der Waals surface area contributed by atoms with Crippen molar-refractivity contribution in [3.05, 3.63) is 181 Å². The second-order valence-electron chi connectivity index (χ2n) is 11.6. The van der Waals surface area contributed by atoms with Crippen molar-refractivity contribution in [2.75, 3.05) is 0 Å². The second kappa shape index (κ2) is 12.6. The molecule has 7 aromatic carbocycles. The first-order valence-corrected chi connectivity index (χ1v) is 15.8. The lowest BCUT2D eigenvalue weighted by Crippen LogP contribution is -2.00.